The maximum atomic E-state index is 14.4. The lowest BCUT2D eigenvalue weighted by Gasteiger charge is -2.35. The number of nitrogens with zero attached hydrogens (tertiary/aromatic N) is 2. The van der Waals surface area contributed by atoms with Crippen LogP contribution in [0.1, 0.15) is 50.4 Å². The number of hydrogen-bond acceptors (Lipinski definition) is 10. The van der Waals surface area contributed by atoms with E-state index in [1.54, 1.807) is 55.5 Å². The number of methoxy groups -OCH3 is 1. The molecule has 0 bridgehead atoms. The maximum Gasteiger partial charge on any atom is 0.323 e. The SMILES string of the molecule is COc1ccc(S(=O)(=O)N(C)C[C@@H]2OCCCC[C@@H](C)Oc3ccc(NC(=O)Nc4ccc5c(c4)OCO5)cc3C(=O)N([C@@H](C)CO)C[C@H]2C)cc1. The van der Waals surface area contributed by atoms with Crippen LogP contribution in [0.5, 0.6) is 23.0 Å². The normalized spacial score (nSPS) is 20.3. The van der Waals surface area contributed by atoms with Crippen molar-refractivity contribution < 1.29 is 46.8 Å². The summed E-state index contributed by atoms with van der Waals surface area (Å²) in [5.74, 6) is 1.21. The van der Waals surface area contributed by atoms with Crippen molar-refractivity contribution in [3.8, 4) is 23.0 Å². The number of carbonyl (C=O) groups is 2. The van der Waals surface area contributed by atoms with Gasteiger partial charge in [-0.15, -0.1) is 0 Å². The number of fused-ring (bicyclic) bond motifs is 2. The highest BCUT2D eigenvalue weighted by atomic mass is 32.2. The number of ether oxygens (including phenoxy) is 5. The quantitative estimate of drug-likeness (QED) is 0.266. The van der Waals surface area contributed by atoms with Gasteiger partial charge in [-0.25, -0.2) is 13.2 Å². The minimum absolute atomic E-state index is 0.0354. The smallest absolute Gasteiger partial charge is 0.323 e. The van der Waals surface area contributed by atoms with Gasteiger partial charge in [0.25, 0.3) is 5.91 Å². The number of nitrogens with one attached hydrogen (secondary N) is 2. The topological polar surface area (TPSA) is 165 Å². The number of anilines is 2. The lowest BCUT2D eigenvalue weighted by atomic mass is 10.0. The molecule has 3 amide bonds. The van der Waals surface area contributed by atoms with Crippen molar-refractivity contribution in [3.63, 3.8) is 0 Å². The van der Waals surface area contributed by atoms with Crippen LogP contribution in [0.25, 0.3) is 0 Å². The number of urea groups is 1. The van der Waals surface area contributed by atoms with Crippen LogP contribution in [0, 0.1) is 5.92 Å². The zero-order valence-corrected chi connectivity index (χ0v) is 31.0. The third-order valence-electron chi connectivity index (χ3n) is 9.14. The Morgan fingerprint density at radius 3 is 2.37 bits per heavy atom. The highest BCUT2D eigenvalue weighted by Crippen LogP contribution is 2.34. The molecule has 0 aromatic heterocycles. The first kappa shape index (κ1) is 38.7. The van der Waals surface area contributed by atoms with Crippen molar-refractivity contribution in [2.45, 2.75) is 63.2 Å². The number of carbonyl (C=O) groups excluding carboxylic acids is 2. The molecule has 52 heavy (non-hydrogen) atoms. The molecule has 2 heterocycles. The lowest BCUT2D eigenvalue weighted by Crippen LogP contribution is -2.48. The Balaban J connectivity index is 1.39. The number of benzene rings is 3. The van der Waals surface area contributed by atoms with Gasteiger partial charge in [0.15, 0.2) is 11.5 Å². The fourth-order valence-electron chi connectivity index (χ4n) is 6.01. The molecule has 0 fully saturated rings. The van der Waals surface area contributed by atoms with Crippen LogP contribution in [0.3, 0.4) is 0 Å². The van der Waals surface area contributed by atoms with E-state index < -0.39 is 34.1 Å². The number of sulfonamides is 1. The van der Waals surface area contributed by atoms with E-state index in [1.165, 1.54) is 35.5 Å². The van der Waals surface area contributed by atoms with Gasteiger partial charge in [-0.2, -0.15) is 4.31 Å². The van der Waals surface area contributed by atoms with Crippen LogP contribution in [0.15, 0.2) is 65.6 Å². The van der Waals surface area contributed by atoms with Crippen molar-refractivity contribution in [3.05, 3.63) is 66.2 Å². The largest absolute Gasteiger partial charge is 0.497 e. The Bertz CT molecular complexity index is 1810. The van der Waals surface area contributed by atoms with Crippen molar-refractivity contribution in [2.24, 2.45) is 5.92 Å². The highest BCUT2D eigenvalue weighted by Gasteiger charge is 2.32. The van der Waals surface area contributed by atoms with E-state index in [4.69, 9.17) is 23.7 Å². The van der Waals surface area contributed by atoms with Crippen molar-refractivity contribution in [1.29, 1.82) is 0 Å². The van der Waals surface area contributed by atoms with Gasteiger partial charge in [0.2, 0.25) is 16.8 Å². The molecule has 4 atom stereocenters. The molecule has 3 aromatic carbocycles. The molecule has 3 N–H and O–H groups in total. The summed E-state index contributed by atoms with van der Waals surface area (Å²) in [6, 6.07) is 14.9. The summed E-state index contributed by atoms with van der Waals surface area (Å²) in [7, 11) is -0.850. The van der Waals surface area contributed by atoms with Gasteiger partial charge >= 0.3 is 6.03 Å². The molecule has 0 saturated heterocycles. The predicted molar refractivity (Wildman–Crippen MR) is 195 cm³/mol. The number of amides is 3. The molecule has 0 saturated carbocycles. The second kappa shape index (κ2) is 17.3. The van der Waals surface area contributed by atoms with Gasteiger partial charge in [-0.3, -0.25) is 4.79 Å². The molecule has 0 radical (unpaired) electrons. The molecular weight excluding hydrogens is 692 g/mol. The van der Waals surface area contributed by atoms with Crippen LogP contribution in [-0.4, -0.2) is 100 Å². The van der Waals surface area contributed by atoms with E-state index in [0.717, 1.165) is 12.8 Å². The molecular formula is C37H48N4O10S. The molecule has 2 aliphatic rings. The second-order valence-electron chi connectivity index (χ2n) is 13.1. The van der Waals surface area contributed by atoms with Crippen LogP contribution >= 0.6 is 0 Å². The predicted octanol–water partition coefficient (Wildman–Crippen LogP) is 5.18. The highest BCUT2D eigenvalue weighted by molar-refractivity contribution is 7.89. The summed E-state index contributed by atoms with van der Waals surface area (Å²) < 4.78 is 56.9. The van der Waals surface area contributed by atoms with Gasteiger partial charge in [-0.05, 0) is 87.7 Å². The van der Waals surface area contributed by atoms with Gasteiger partial charge in [0, 0.05) is 50.1 Å². The summed E-state index contributed by atoms with van der Waals surface area (Å²) in [6.07, 6.45) is 1.34. The average molecular weight is 741 g/mol. The van der Waals surface area contributed by atoms with E-state index in [9.17, 15) is 23.1 Å². The molecule has 282 valence electrons. The fourth-order valence-corrected chi connectivity index (χ4v) is 7.19. The Hall–Kier alpha value is -4.57. The number of hydrogen-bond donors (Lipinski definition) is 3. The molecule has 15 heteroatoms. The number of likely N-dealkylation sites (N-methyl/N-ethyl adjacent to an activating group) is 1. The second-order valence-corrected chi connectivity index (χ2v) is 15.2. The van der Waals surface area contributed by atoms with Gasteiger partial charge in [-0.1, -0.05) is 6.92 Å². The van der Waals surface area contributed by atoms with Crippen LogP contribution in [0.4, 0.5) is 16.2 Å². The van der Waals surface area contributed by atoms with E-state index in [2.05, 4.69) is 10.6 Å². The van der Waals surface area contributed by atoms with E-state index >= 15 is 0 Å². The van der Waals surface area contributed by atoms with Crippen LogP contribution in [-0.2, 0) is 14.8 Å². The Labute approximate surface area is 305 Å². The van der Waals surface area contributed by atoms with Crippen molar-refractivity contribution >= 4 is 33.3 Å². The summed E-state index contributed by atoms with van der Waals surface area (Å²) in [5, 5.41) is 15.8. The molecule has 5 rings (SSSR count). The lowest BCUT2D eigenvalue weighted by molar-refractivity contribution is -0.00834. The van der Waals surface area contributed by atoms with Crippen LogP contribution in [0.2, 0.25) is 0 Å². The van der Waals surface area contributed by atoms with Crippen molar-refractivity contribution in [2.75, 3.05) is 57.9 Å². The maximum absolute atomic E-state index is 14.4. The first-order chi connectivity index (χ1) is 24.9. The Kier molecular flexibility index (Phi) is 12.9. The molecule has 2 aliphatic heterocycles. The first-order valence-corrected chi connectivity index (χ1v) is 18.8. The van der Waals surface area contributed by atoms with Crippen molar-refractivity contribution in [1.82, 2.24) is 9.21 Å². The summed E-state index contributed by atoms with van der Waals surface area (Å²) in [4.78, 5) is 29.1. The minimum Gasteiger partial charge on any atom is -0.497 e. The Morgan fingerprint density at radius 1 is 1.00 bits per heavy atom. The monoisotopic (exact) mass is 740 g/mol. The van der Waals surface area contributed by atoms with E-state index in [-0.39, 0.29) is 49.0 Å². The third kappa shape index (κ3) is 9.45. The minimum atomic E-state index is -3.87. The standard InChI is InChI=1S/C37H48N4O10S/c1-24-20-41(25(2)22-42)36(43)31-18-27(38-37(44)39-28-10-16-33-34(19-28)50-23-49-33)9-15-32(31)51-26(3)8-6-7-17-48-35(24)21-40(4)52(45,46)30-13-11-29(47-5)12-14-30/h9-16,18-19,24-26,35,42H,6-8,17,20-23H2,1-5H3,(H2,38,39,44)/t24-,25+,26-,35+/m1/s1. The van der Waals surface area contributed by atoms with Gasteiger partial charge < -0.3 is 44.3 Å². The first-order valence-electron chi connectivity index (χ1n) is 17.3. The number of rotatable bonds is 9. The summed E-state index contributed by atoms with van der Waals surface area (Å²) in [6.45, 7) is 5.90. The van der Waals surface area contributed by atoms with Gasteiger partial charge in [0.1, 0.15) is 11.5 Å². The zero-order chi connectivity index (χ0) is 37.4. The third-order valence-corrected chi connectivity index (χ3v) is 11.0. The molecule has 14 nitrogen and oxygen atoms in total. The van der Waals surface area contributed by atoms with Gasteiger partial charge in [0.05, 0.1) is 42.4 Å². The molecule has 3 aromatic rings. The molecule has 0 spiro atoms. The Morgan fingerprint density at radius 2 is 1.67 bits per heavy atom. The average Bonchev–Trinajstić information content (AvgIpc) is 3.60. The van der Waals surface area contributed by atoms with Crippen LogP contribution < -0.4 is 29.6 Å². The van der Waals surface area contributed by atoms with E-state index in [1.807, 2.05) is 13.8 Å². The van der Waals surface area contributed by atoms with E-state index in [0.29, 0.717) is 47.4 Å². The fraction of sp³-hybridized carbons (Fsp3) is 0.459. The summed E-state index contributed by atoms with van der Waals surface area (Å²) in [5.41, 5.74) is 1.04. The summed E-state index contributed by atoms with van der Waals surface area (Å²) >= 11 is 0. The number of aliphatic hydroxyl groups is 1. The molecule has 0 aliphatic carbocycles. The number of aliphatic hydroxyl groups excluding tert-OH is 1. The zero-order valence-electron chi connectivity index (χ0n) is 30.2. The molecule has 0 unspecified atom stereocenters.